The van der Waals surface area contributed by atoms with Crippen LogP contribution >= 0.6 is 0 Å². The van der Waals surface area contributed by atoms with Crippen LogP contribution in [0.5, 0.6) is 5.88 Å². The molecular weight excluding hydrogens is 340 g/mol. The fourth-order valence-electron chi connectivity index (χ4n) is 3.83. The summed E-state index contributed by atoms with van der Waals surface area (Å²) in [6, 6.07) is 7.84. The van der Waals surface area contributed by atoms with E-state index in [1.807, 2.05) is 31.2 Å². The third-order valence-electron chi connectivity index (χ3n) is 5.31. The van der Waals surface area contributed by atoms with Crippen LogP contribution in [0.1, 0.15) is 41.0 Å². The van der Waals surface area contributed by atoms with Gasteiger partial charge in [0.05, 0.1) is 11.1 Å². The smallest absolute Gasteiger partial charge is 0.253 e. The standard InChI is InChI=1S/C21H20N4O2/c1-11-6-7-13-9-22-20(26)15-8-17(24-18(13)15)14-4-3-5-16-19(14)25-21(27-10-11)12(2)23-16/h3-6,8,13,24H,7,9-10H2,1-2H3,(H,22,26). The van der Waals surface area contributed by atoms with Gasteiger partial charge in [0.15, 0.2) is 0 Å². The van der Waals surface area contributed by atoms with Crippen molar-refractivity contribution in [2.75, 3.05) is 13.2 Å². The molecule has 27 heavy (non-hydrogen) atoms. The Kier molecular flexibility index (Phi) is 3.53. The predicted molar refractivity (Wildman–Crippen MR) is 103 cm³/mol. The molecule has 0 fully saturated rings. The average molecular weight is 360 g/mol. The van der Waals surface area contributed by atoms with Gasteiger partial charge in [0.25, 0.3) is 5.91 Å². The molecule has 1 atom stereocenters. The molecule has 2 aliphatic rings. The molecule has 1 unspecified atom stereocenters. The third-order valence-corrected chi connectivity index (χ3v) is 5.31. The molecule has 0 aliphatic carbocycles. The summed E-state index contributed by atoms with van der Waals surface area (Å²) in [6.45, 7) is 5.07. The summed E-state index contributed by atoms with van der Waals surface area (Å²) in [5.41, 5.74) is 7.02. The SMILES string of the molecule is CC1=CCC2CNC(=O)c3cc([nH]c32)-c2cccc3nc(C)c(nc23)OC1. The number of fused-ring (bicyclic) bond motifs is 3. The Balaban J connectivity index is 1.79. The minimum Gasteiger partial charge on any atom is -0.472 e. The van der Waals surface area contributed by atoms with Crippen LogP contribution in [0.4, 0.5) is 0 Å². The second-order valence-electron chi connectivity index (χ2n) is 7.28. The lowest BCUT2D eigenvalue weighted by Gasteiger charge is -2.22. The molecule has 6 nitrogen and oxygen atoms in total. The molecule has 5 rings (SSSR count). The van der Waals surface area contributed by atoms with Gasteiger partial charge in [0.2, 0.25) is 5.88 Å². The number of carbonyl (C=O) groups is 1. The Hall–Kier alpha value is -3.15. The van der Waals surface area contributed by atoms with Crippen LogP contribution in [0.25, 0.3) is 22.3 Å². The van der Waals surface area contributed by atoms with Crippen LogP contribution in [0.2, 0.25) is 0 Å². The number of para-hydroxylation sites is 1. The van der Waals surface area contributed by atoms with Gasteiger partial charge < -0.3 is 15.0 Å². The molecular formula is C21H20N4O2. The van der Waals surface area contributed by atoms with E-state index in [1.165, 1.54) is 0 Å². The van der Waals surface area contributed by atoms with Crippen molar-refractivity contribution < 1.29 is 9.53 Å². The zero-order valence-electron chi connectivity index (χ0n) is 15.3. The summed E-state index contributed by atoms with van der Waals surface area (Å²) in [5.74, 6) is 0.746. The van der Waals surface area contributed by atoms with Gasteiger partial charge in [-0.15, -0.1) is 0 Å². The number of H-pyrrole nitrogens is 1. The van der Waals surface area contributed by atoms with Crippen molar-refractivity contribution >= 4 is 16.9 Å². The van der Waals surface area contributed by atoms with Crippen molar-refractivity contribution in [3.8, 4) is 17.1 Å². The predicted octanol–water partition coefficient (Wildman–Crippen LogP) is 3.49. The molecule has 136 valence electrons. The number of allylic oxidation sites excluding steroid dienone is 1. The van der Waals surface area contributed by atoms with E-state index >= 15 is 0 Å². The molecule has 1 aromatic carbocycles. The molecule has 3 aromatic rings. The number of aromatic nitrogens is 3. The quantitative estimate of drug-likeness (QED) is 0.602. The first kappa shape index (κ1) is 16.1. The minimum atomic E-state index is -0.0252. The van der Waals surface area contributed by atoms with Crippen LogP contribution in [-0.4, -0.2) is 34.0 Å². The highest BCUT2D eigenvalue weighted by molar-refractivity contribution is 6.00. The summed E-state index contributed by atoms with van der Waals surface area (Å²) in [5, 5.41) is 3.00. The van der Waals surface area contributed by atoms with E-state index in [1.54, 1.807) is 0 Å². The molecule has 4 bridgehead atoms. The van der Waals surface area contributed by atoms with Crippen LogP contribution < -0.4 is 10.1 Å². The van der Waals surface area contributed by atoms with Crippen molar-refractivity contribution in [2.24, 2.45) is 0 Å². The Morgan fingerprint density at radius 2 is 2.07 bits per heavy atom. The van der Waals surface area contributed by atoms with E-state index in [-0.39, 0.29) is 11.8 Å². The lowest BCUT2D eigenvalue weighted by molar-refractivity contribution is 0.0940. The summed E-state index contributed by atoms with van der Waals surface area (Å²) in [4.78, 5) is 25.3. The van der Waals surface area contributed by atoms with E-state index in [4.69, 9.17) is 9.72 Å². The first-order valence-electron chi connectivity index (χ1n) is 9.17. The van der Waals surface area contributed by atoms with E-state index in [0.717, 1.165) is 51.2 Å². The number of nitrogens with one attached hydrogen (secondary N) is 2. The highest BCUT2D eigenvalue weighted by atomic mass is 16.5. The van der Waals surface area contributed by atoms with Gasteiger partial charge in [-0.25, -0.2) is 9.97 Å². The molecule has 2 aromatic heterocycles. The number of rotatable bonds is 0. The van der Waals surface area contributed by atoms with Crippen LogP contribution in [0, 0.1) is 6.92 Å². The second kappa shape index (κ2) is 5.94. The zero-order chi connectivity index (χ0) is 18.5. The van der Waals surface area contributed by atoms with Gasteiger partial charge in [-0.05, 0) is 38.0 Å². The maximum absolute atomic E-state index is 12.4. The van der Waals surface area contributed by atoms with Crippen molar-refractivity contribution in [3.05, 3.63) is 52.9 Å². The van der Waals surface area contributed by atoms with E-state index in [0.29, 0.717) is 19.0 Å². The van der Waals surface area contributed by atoms with Crippen LogP contribution in [0.3, 0.4) is 0 Å². The van der Waals surface area contributed by atoms with Crippen LogP contribution in [0.15, 0.2) is 35.9 Å². The van der Waals surface area contributed by atoms with Crippen molar-refractivity contribution in [2.45, 2.75) is 26.2 Å². The number of nitrogens with zero attached hydrogens (tertiary/aromatic N) is 2. The largest absolute Gasteiger partial charge is 0.472 e. The van der Waals surface area contributed by atoms with Gasteiger partial charge in [-0.3, -0.25) is 4.79 Å². The van der Waals surface area contributed by atoms with Crippen molar-refractivity contribution in [1.29, 1.82) is 0 Å². The van der Waals surface area contributed by atoms with E-state index in [9.17, 15) is 4.79 Å². The van der Waals surface area contributed by atoms with Gasteiger partial charge in [0, 0.05) is 29.4 Å². The molecule has 0 radical (unpaired) electrons. The maximum atomic E-state index is 12.4. The van der Waals surface area contributed by atoms with Crippen LogP contribution in [-0.2, 0) is 0 Å². The summed E-state index contributed by atoms with van der Waals surface area (Å²) >= 11 is 0. The normalized spacial score (nSPS) is 18.8. The number of carbonyl (C=O) groups excluding carboxylic acids is 1. The number of hydrogen-bond donors (Lipinski definition) is 2. The molecule has 6 heteroatoms. The van der Waals surface area contributed by atoms with Gasteiger partial charge in [-0.2, -0.15) is 0 Å². The molecule has 4 heterocycles. The van der Waals surface area contributed by atoms with Gasteiger partial charge >= 0.3 is 0 Å². The van der Waals surface area contributed by atoms with E-state index < -0.39 is 0 Å². The second-order valence-corrected chi connectivity index (χ2v) is 7.28. The molecule has 0 spiro atoms. The highest BCUT2D eigenvalue weighted by Crippen LogP contribution is 2.34. The van der Waals surface area contributed by atoms with E-state index in [2.05, 4.69) is 28.3 Å². The van der Waals surface area contributed by atoms with Gasteiger partial charge in [-0.1, -0.05) is 18.2 Å². The summed E-state index contributed by atoms with van der Waals surface area (Å²) in [7, 11) is 0. The number of ether oxygens (including phenoxy) is 1. The monoisotopic (exact) mass is 360 g/mol. The molecule has 1 amide bonds. The fraction of sp³-hybridized carbons (Fsp3) is 0.286. The molecule has 0 saturated carbocycles. The van der Waals surface area contributed by atoms with Gasteiger partial charge in [0.1, 0.15) is 17.8 Å². The third kappa shape index (κ3) is 2.60. The Morgan fingerprint density at radius 1 is 1.19 bits per heavy atom. The maximum Gasteiger partial charge on any atom is 0.253 e. The minimum absolute atomic E-state index is 0.0252. The average Bonchev–Trinajstić information content (AvgIpc) is 3.11. The first-order valence-corrected chi connectivity index (χ1v) is 9.17. The molecule has 2 aliphatic heterocycles. The Labute approximate surface area is 156 Å². The lowest BCUT2D eigenvalue weighted by Crippen LogP contribution is -2.34. The molecule has 0 saturated heterocycles. The number of amides is 1. The Bertz CT molecular complexity index is 1110. The number of aryl methyl sites for hydroxylation is 1. The number of benzene rings is 1. The summed E-state index contributed by atoms with van der Waals surface area (Å²) < 4.78 is 5.96. The van der Waals surface area contributed by atoms with Crippen molar-refractivity contribution in [1.82, 2.24) is 20.3 Å². The lowest BCUT2D eigenvalue weighted by atomic mass is 9.93. The highest BCUT2D eigenvalue weighted by Gasteiger charge is 2.28. The summed E-state index contributed by atoms with van der Waals surface area (Å²) in [6.07, 6.45) is 3.02. The Morgan fingerprint density at radius 3 is 2.96 bits per heavy atom. The topological polar surface area (TPSA) is 79.9 Å². The number of hydrogen-bond acceptors (Lipinski definition) is 4. The zero-order valence-corrected chi connectivity index (χ0v) is 15.3. The first-order chi connectivity index (χ1) is 13.1. The fourth-order valence-corrected chi connectivity index (χ4v) is 3.83. The number of aromatic amines is 1. The molecule has 2 N–H and O–H groups in total. The van der Waals surface area contributed by atoms with Crippen molar-refractivity contribution in [3.63, 3.8) is 0 Å².